The van der Waals surface area contributed by atoms with Crippen molar-refractivity contribution in [3.8, 4) is 11.8 Å². The number of carbonyl (C=O) groups excluding carboxylic acids is 1. The van der Waals surface area contributed by atoms with Crippen LogP contribution < -0.4 is 16.0 Å². The summed E-state index contributed by atoms with van der Waals surface area (Å²) in [7, 11) is 3.76. The number of ether oxygens (including phenoxy) is 1. The molecule has 5 nitrogen and oxygen atoms in total. The van der Waals surface area contributed by atoms with Crippen LogP contribution in [0, 0.1) is 23.7 Å². The van der Waals surface area contributed by atoms with E-state index in [9.17, 15) is 4.79 Å². The lowest BCUT2D eigenvalue weighted by Crippen LogP contribution is -2.34. The number of rotatable bonds is 14. The molecule has 0 heterocycles. The third-order valence-electron chi connectivity index (χ3n) is 3.10. The predicted molar refractivity (Wildman–Crippen MR) is 116 cm³/mol. The average Bonchev–Trinajstić information content (AvgIpc) is 2.55. The van der Waals surface area contributed by atoms with Gasteiger partial charge in [0.2, 0.25) is 5.91 Å². The van der Waals surface area contributed by atoms with Gasteiger partial charge in [0.15, 0.2) is 0 Å². The van der Waals surface area contributed by atoms with Crippen molar-refractivity contribution >= 4 is 27.5 Å². The Balaban J connectivity index is 3.73. The lowest BCUT2D eigenvalue weighted by molar-refractivity contribution is -0.125. The molecule has 0 rings (SSSR count). The van der Waals surface area contributed by atoms with Gasteiger partial charge in [0.05, 0.1) is 18.5 Å². The smallest absolute Gasteiger partial charge is 0.246 e. The Hall–Kier alpha value is -0.390. The summed E-state index contributed by atoms with van der Waals surface area (Å²) in [5.41, 5.74) is 0. The zero-order chi connectivity index (χ0) is 19.8. The van der Waals surface area contributed by atoms with E-state index in [4.69, 9.17) is 4.74 Å². The van der Waals surface area contributed by atoms with Crippen molar-refractivity contribution < 1.29 is 9.53 Å². The number of hydrogen-bond donors (Lipinski definition) is 3. The normalized spacial score (nSPS) is 12.3. The van der Waals surface area contributed by atoms with Crippen molar-refractivity contribution in [2.45, 2.75) is 53.0 Å². The molecule has 152 valence electrons. The Morgan fingerprint density at radius 3 is 2.42 bits per heavy atom. The van der Waals surface area contributed by atoms with Gasteiger partial charge in [-0.2, -0.15) is 0 Å². The molecule has 0 aliphatic heterocycles. The molecule has 1 amide bonds. The summed E-state index contributed by atoms with van der Waals surface area (Å²) in [6.07, 6.45) is 0. The van der Waals surface area contributed by atoms with Crippen molar-refractivity contribution in [2.24, 2.45) is 11.8 Å². The predicted octanol–water partition coefficient (Wildman–Crippen LogP) is 2.73. The summed E-state index contributed by atoms with van der Waals surface area (Å²) in [5, 5.41) is 10.0. The van der Waals surface area contributed by atoms with Crippen molar-refractivity contribution in [3.05, 3.63) is 0 Å². The van der Waals surface area contributed by atoms with E-state index in [1.807, 2.05) is 35.4 Å². The van der Waals surface area contributed by atoms with Crippen molar-refractivity contribution in [1.82, 2.24) is 16.0 Å². The first-order chi connectivity index (χ1) is 12.3. The van der Waals surface area contributed by atoms with Crippen LogP contribution >= 0.6 is 21.6 Å². The molecule has 0 spiro atoms. The molecule has 1 atom stereocenters. The fourth-order valence-electron chi connectivity index (χ4n) is 1.78. The van der Waals surface area contributed by atoms with E-state index in [0.717, 1.165) is 18.8 Å². The zero-order valence-electron chi connectivity index (χ0n) is 17.2. The van der Waals surface area contributed by atoms with Gasteiger partial charge in [0.1, 0.15) is 6.61 Å². The lowest BCUT2D eigenvalue weighted by atomic mass is 10.2. The summed E-state index contributed by atoms with van der Waals surface area (Å²) in [4.78, 5) is 11.6. The topological polar surface area (TPSA) is 62.4 Å². The zero-order valence-corrected chi connectivity index (χ0v) is 18.8. The van der Waals surface area contributed by atoms with Gasteiger partial charge in [0, 0.05) is 30.8 Å². The van der Waals surface area contributed by atoms with E-state index in [-0.39, 0.29) is 12.5 Å². The van der Waals surface area contributed by atoms with Gasteiger partial charge in [-0.3, -0.25) is 4.79 Å². The number of carbonyl (C=O) groups is 1. The summed E-state index contributed by atoms with van der Waals surface area (Å²) in [6, 6.07) is 0.538. The fraction of sp³-hybridized carbons (Fsp3) is 0.842. The summed E-state index contributed by atoms with van der Waals surface area (Å²) < 4.78 is 5.42. The Kier molecular flexibility index (Phi) is 16.5. The standard InChI is InChI=1S/C19H37N3O2S2/c1-15(2)8-7-9-21-18(23)14-24-12-10-22-19(16(3)4)26-25-13-11-20-17(5)6/h15-17,19-20,22H,9-14H2,1-6H3,(H,21,23). The first kappa shape index (κ1) is 25.6. The molecule has 3 N–H and O–H groups in total. The monoisotopic (exact) mass is 403 g/mol. The highest BCUT2D eigenvalue weighted by Crippen LogP contribution is 2.29. The minimum absolute atomic E-state index is 0.0835. The molecule has 0 radical (unpaired) electrons. The number of amides is 1. The number of hydrogen-bond acceptors (Lipinski definition) is 6. The second kappa shape index (κ2) is 16.8. The molecule has 0 saturated heterocycles. The van der Waals surface area contributed by atoms with Crippen molar-refractivity contribution in [2.75, 3.05) is 38.6 Å². The molecule has 0 aromatic rings. The van der Waals surface area contributed by atoms with Crippen LogP contribution in [0.1, 0.15) is 41.5 Å². The van der Waals surface area contributed by atoms with Gasteiger partial charge in [0.25, 0.3) is 0 Å². The van der Waals surface area contributed by atoms with Crippen LogP contribution in [0.5, 0.6) is 0 Å². The van der Waals surface area contributed by atoms with E-state index >= 15 is 0 Å². The molecule has 0 aliphatic rings. The van der Waals surface area contributed by atoms with E-state index in [1.165, 1.54) is 0 Å². The van der Waals surface area contributed by atoms with Crippen LogP contribution in [-0.2, 0) is 9.53 Å². The molecule has 0 aromatic heterocycles. The van der Waals surface area contributed by atoms with Crippen LogP contribution in [0.15, 0.2) is 0 Å². The SMILES string of the molecule is CC(C)C#CCNC(=O)COCCNC(SSCCNC(C)C)C(C)C. The third kappa shape index (κ3) is 17.0. The largest absolute Gasteiger partial charge is 0.370 e. The summed E-state index contributed by atoms with van der Waals surface area (Å²) >= 11 is 0. The second-order valence-corrected chi connectivity index (χ2v) is 9.58. The van der Waals surface area contributed by atoms with Crippen LogP contribution in [0.3, 0.4) is 0 Å². The molecule has 7 heteroatoms. The van der Waals surface area contributed by atoms with Gasteiger partial charge in [-0.15, -0.1) is 0 Å². The lowest BCUT2D eigenvalue weighted by Gasteiger charge is -2.21. The Bertz CT molecular complexity index is 421. The highest BCUT2D eigenvalue weighted by atomic mass is 33.1. The molecule has 0 bridgehead atoms. The molecule has 0 saturated carbocycles. The maximum atomic E-state index is 11.6. The van der Waals surface area contributed by atoms with E-state index < -0.39 is 0 Å². The molecule has 1 unspecified atom stereocenters. The maximum absolute atomic E-state index is 11.6. The van der Waals surface area contributed by atoms with Gasteiger partial charge < -0.3 is 20.7 Å². The number of nitrogens with one attached hydrogen (secondary N) is 3. The molecule has 0 aromatic carbocycles. The minimum Gasteiger partial charge on any atom is -0.370 e. The maximum Gasteiger partial charge on any atom is 0.246 e. The Morgan fingerprint density at radius 1 is 1.08 bits per heavy atom. The van der Waals surface area contributed by atoms with Gasteiger partial charge in [-0.05, 0) is 5.92 Å². The van der Waals surface area contributed by atoms with Gasteiger partial charge in [-0.25, -0.2) is 0 Å². The van der Waals surface area contributed by atoms with Gasteiger partial charge in [-0.1, -0.05) is 75.0 Å². The summed E-state index contributed by atoms with van der Waals surface area (Å²) in [5.74, 6) is 7.75. The molecular formula is C19H37N3O2S2. The second-order valence-electron chi connectivity index (χ2n) is 6.95. The van der Waals surface area contributed by atoms with Crippen LogP contribution in [0.2, 0.25) is 0 Å². The van der Waals surface area contributed by atoms with E-state index in [0.29, 0.717) is 36.4 Å². The minimum atomic E-state index is -0.119. The fourth-order valence-corrected chi connectivity index (χ4v) is 4.48. The Labute approximate surface area is 168 Å². The Morgan fingerprint density at radius 2 is 1.81 bits per heavy atom. The van der Waals surface area contributed by atoms with E-state index in [1.54, 1.807) is 0 Å². The molecule has 26 heavy (non-hydrogen) atoms. The first-order valence-electron chi connectivity index (χ1n) is 9.40. The summed E-state index contributed by atoms with van der Waals surface area (Å²) in [6.45, 7) is 15.5. The van der Waals surface area contributed by atoms with Crippen molar-refractivity contribution in [1.29, 1.82) is 0 Å². The van der Waals surface area contributed by atoms with Crippen molar-refractivity contribution in [3.63, 3.8) is 0 Å². The third-order valence-corrected chi connectivity index (χ3v) is 6.06. The van der Waals surface area contributed by atoms with Crippen LogP contribution in [0.4, 0.5) is 0 Å². The quantitative estimate of drug-likeness (QED) is 0.179. The highest BCUT2D eigenvalue weighted by Gasteiger charge is 2.13. The van der Waals surface area contributed by atoms with E-state index in [2.05, 4.69) is 55.5 Å². The van der Waals surface area contributed by atoms with Crippen LogP contribution in [0.25, 0.3) is 0 Å². The van der Waals surface area contributed by atoms with Crippen LogP contribution in [-0.4, -0.2) is 55.9 Å². The first-order valence-corrected chi connectivity index (χ1v) is 11.8. The van der Waals surface area contributed by atoms with Gasteiger partial charge >= 0.3 is 0 Å². The average molecular weight is 404 g/mol. The molecule has 0 fully saturated rings. The molecule has 0 aliphatic carbocycles. The molecular weight excluding hydrogens is 366 g/mol. The highest BCUT2D eigenvalue weighted by molar-refractivity contribution is 8.76.